The van der Waals surface area contributed by atoms with E-state index in [4.69, 9.17) is 11.6 Å². The summed E-state index contributed by atoms with van der Waals surface area (Å²) < 4.78 is 0. The van der Waals surface area contributed by atoms with E-state index < -0.39 is 0 Å². The summed E-state index contributed by atoms with van der Waals surface area (Å²) in [6.45, 7) is 5.11. The highest BCUT2D eigenvalue weighted by atomic mass is 35.5. The minimum absolute atomic E-state index is 0.567. The van der Waals surface area contributed by atoms with Crippen LogP contribution >= 0.6 is 11.6 Å². The second-order valence-electron chi connectivity index (χ2n) is 4.68. The number of benzene rings is 2. The van der Waals surface area contributed by atoms with E-state index in [1.165, 1.54) is 16.7 Å². The Hall–Kier alpha value is -1.47. The van der Waals surface area contributed by atoms with Crippen LogP contribution < -0.4 is 5.32 Å². The van der Waals surface area contributed by atoms with Gasteiger partial charge in [0.15, 0.2) is 0 Å². The topological polar surface area (TPSA) is 12.0 Å². The molecule has 0 heterocycles. The van der Waals surface area contributed by atoms with E-state index in [1.54, 1.807) is 0 Å². The van der Waals surface area contributed by atoms with Gasteiger partial charge in [-0.2, -0.15) is 0 Å². The molecule has 0 aliphatic heterocycles. The van der Waals surface area contributed by atoms with Gasteiger partial charge in [-0.3, -0.25) is 0 Å². The average molecular weight is 260 g/mol. The molecule has 1 N–H and O–H groups in total. The highest BCUT2D eigenvalue weighted by Crippen LogP contribution is 2.14. The van der Waals surface area contributed by atoms with E-state index in [0.29, 0.717) is 5.88 Å². The standard InChI is InChI=1S/C16H18ClN/c1-12-7-13(2)9-15(8-12)11-18-16-5-3-14(10-17)4-6-16/h3-9,18H,10-11H2,1-2H3. The van der Waals surface area contributed by atoms with Crippen LogP contribution in [0.25, 0.3) is 0 Å². The molecule has 2 aromatic carbocycles. The van der Waals surface area contributed by atoms with Crippen molar-refractivity contribution in [2.75, 3.05) is 5.32 Å². The molecule has 0 fully saturated rings. The van der Waals surface area contributed by atoms with Gasteiger partial charge in [-0.25, -0.2) is 0 Å². The second-order valence-corrected chi connectivity index (χ2v) is 4.95. The molecule has 2 aromatic rings. The van der Waals surface area contributed by atoms with Gasteiger partial charge >= 0.3 is 0 Å². The van der Waals surface area contributed by atoms with Crippen LogP contribution in [0.2, 0.25) is 0 Å². The maximum absolute atomic E-state index is 5.77. The first-order valence-electron chi connectivity index (χ1n) is 6.13. The smallest absolute Gasteiger partial charge is 0.0474 e. The minimum Gasteiger partial charge on any atom is -0.381 e. The van der Waals surface area contributed by atoms with Gasteiger partial charge in [0.25, 0.3) is 0 Å². The third-order valence-corrected chi connectivity index (χ3v) is 3.19. The van der Waals surface area contributed by atoms with Crippen molar-refractivity contribution in [1.82, 2.24) is 0 Å². The highest BCUT2D eigenvalue weighted by molar-refractivity contribution is 6.17. The Morgan fingerprint density at radius 3 is 2.06 bits per heavy atom. The van der Waals surface area contributed by atoms with Gasteiger partial charge < -0.3 is 5.32 Å². The van der Waals surface area contributed by atoms with Crippen LogP contribution in [0.3, 0.4) is 0 Å². The lowest BCUT2D eigenvalue weighted by atomic mass is 10.1. The lowest BCUT2D eigenvalue weighted by Crippen LogP contribution is -2.00. The van der Waals surface area contributed by atoms with Crippen LogP contribution in [-0.4, -0.2) is 0 Å². The van der Waals surface area contributed by atoms with Crippen molar-refractivity contribution in [1.29, 1.82) is 0 Å². The lowest BCUT2D eigenvalue weighted by molar-refractivity contribution is 1.13. The van der Waals surface area contributed by atoms with Crippen molar-refractivity contribution < 1.29 is 0 Å². The van der Waals surface area contributed by atoms with Gasteiger partial charge in [-0.05, 0) is 37.1 Å². The predicted molar refractivity (Wildman–Crippen MR) is 79.2 cm³/mol. The Kier molecular flexibility index (Phi) is 4.27. The molecule has 0 aromatic heterocycles. The minimum atomic E-state index is 0.567. The van der Waals surface area contributed by atoms with Crippen LogP contribution in [0.15, 0.2) is 42.5 Å². The van der Waals surface area contributed by atoms with Gasteiger partial charge in [-0.15, -0.1) is 11.6 Å². The van der Waals surface area contributed by atoms with E-state index >= 15 is 0 Å². The fraction of sp³-hybridized carbons (Fsp3) is 0.250. The average Bonchev–Trinajstić information content (AvgIpc) is 2.36. The number of alkyl halides is 1. The number of hydrogen-bond donors (Lipinski definition) is 1. The van der Waals surface area contributed by atoms with Crippen molar-refractivity contribution in [2.24, 2.45) is 0 Å². The number of rotatable bonds is 4. The van der Waals surface area contributed by atoms with Gasteiger partial charge in [0.05, 0.1) is 0 Å². The van der Waals surface area contributed by atoms with Crippen LogP contribution in [0.5, 0.6) is 0 Å². The third-order valence-electron chi connectivity index (χ3n) is 2.89. The van der Waals surface area contributed by atoms with E-state index in [-0.39, 0.29) is 0 Å². The predicted octanol–water partition coefficient (Wildman–Crippen LogP) is 4.65. The first kappa shape index (κ1) is 13.0. The second kappa shape index (κ2) is 5.92. The van der Waals surface area contributed by atoms with Crippen molar-refractivity contribution in [3.8, 4) is 0 Å². The number of halogens is 1. The first-order valence-corrected chi connectivity index (χ1v) is 6.67. The summed E-state index contributed by atoms with van der Waals surface area (Å²) >= 11 is 5.77. The Labute approximate surface area is 114 Å². The van der Waals surface area contributed by atoms with Gasteiger partial charge in [0.1, 0.15) is 0 Å². The Morgan fingerprint density at radius 1 is 0.889 bits per heavy atom. The zero-order valence-electron chi connectivity index (χ0n) is 10.8. The molecule has 1 nitrogen and oxygen atoms in total. The molecule has 0 aliphatic carbocycles. The molecule has 2 heteroatoms. The summed E-state index contributed by atoms with van der Waals surface area (Å²) in [5, 5.41) is 3.42. The zero-order chi connectivity index (χ0) is 13.0. The summed E-state index contributed by atoms with van der Waals surface area (Å²) in [5.74, 6) is 0.567. The third kappa shape index (κ3) is 3.51. The Balaban J connectivity index is 2.01. The Bertz CT molecular complexity index is 497. The Morgan fingerprint density at radius 2 is 1.50 bits per heavy atom. The lowest BCUT2D eigenvalue weighted by Gasteiger charge is -2.09. The van der Waals surface area contributed by atoms with E-state index in [2.05, 4.69) is 61.6 Å². The SMILES string of the molecule is Cc1cc(C)cc(CNc2ccc(CCl)cc2)c1. The van der Waals surface area contributed by atoms with Gasteiger partial charge in [0, 0.05) is 18.1 Å². The van der Waals surface area contributed by atoms with E-state index in [1.807, 2.05) is 0 Å². The van der Waals surface area contributed by atoms with Crippen molar-refractivity contribution >= 4 is 17.3 Å². The molecule has 0 bridgehead atoms. The van der Waals surface area contributed by atoms with E-state index in [9.17, 15) is 0 Å². The van der Waals surface area contributed by atoms with Crippen molar-refractivity contribution in [3.05, 3.63) is 64.7 Å². The number of aryl methyl sites for hydroxylation is 2. The number of nitrogens with one attached hydrogen (secondary N) is 1. The molecule has 18 heavy (non-hydrogen) atoms. The van der Waals surface area contributed by atoms with E-state index in [0.717, 1.165) is 17.8 Å². The largest absolute Gasteiger partial charge is 0.381 e. The molecular weight excluding hydrogens is 242 g/mol. The maximum atomic E-state index is 5.77. The molecule has 0 aliphatic rings. The monoisotopic (exact) mass is 259 g/mol. The number of anilines is 1. The molecule has 0 amide bonds. The summed E-state index contributed by atoms with van der Waals surface area (Å²) in [6.07, 6.45) is 0. The maximum Gasteiger partial charge on any atom is 0.0474 e. The van der Waals surface area contributed by atoms with Gasteiger partial charge in [0.2, 0.25) is 0 Å². The van der Waals surface area contributed by atoms with Crippen LogP contribution in [-0.2, 0) is 12.4 Å². The molecule has 0 atom stereocenters. The molecule has 0 radical (unpaired) electrons. The molecular formula is C16H18ClN. The first-order chi connectivity index (χ1) is 8.67. The molecule has 94 valence electrons. The highest BCUT2D eigenvalue weighted by Gasteiger charge is 1.97. The zero-order valence-corrected chi connectivity index (χ0v) is 11.6. The van der Waals surface area contributed by atoms with Crippen LogP contribution in [0, 0.1) is 13.8 Å². The van der Waals surface area contributed by atoms with Crippen molar-refractivity contribution in [2.45, 2.75) is 26.3 Å². The molecule has 0 saturated carbocycles. The number of hydrogen-bond acceptors (Lipinski definition) is 1. The van der Waals surface area contributed by atoms with Crippen LogP contribution in [0.1, 0.15) is 22.3 Å². The molecule has 0 saturated heterocycles. The summed E-state index contributed by atoms with van der Waals surface area (Å²) in [7, 11) is 0. The molecule has 2 rings (SSSR count). The fourth-order valence-electron chi connectivity index (χ4n) is 2.09. The molecule has 0 spiro atoms. The van der Waals surface area contributed by atoms with Crippen LogP contribution in [0.4, 0.5) is 5.69 Å². The van der Waals surface area contributed by atoms with Crippen molar-refractivity contribution in [3.63, 3.8) is 0 Å². The normalized spacial score (nSPS) is 10.4. The summed E-state index contributed by atoms with van der Waals surface area (Å²) in [5.41, 5.74) is 6.21. The fourth-order valence-corrected chi connectivity index (χ4v) is 2.27. The quantitative estimate of drug-likeness (QED) is 0.788. The molecule has 0 unspecified atom stereocenters. The van der Waals surface area contributed by atoms with Gasteiger partial charge in [-0.1, -0.05) is 41.5 Å². The summed E-state index contributed by atoms with van der Waals surface area (Å²) in [4.78, 5) is 0. The summed E-state index contributed by atoms with van der Waals surface area (Å²) in [6, 6.07) is 14.9.